The van der Waals surface area contributed by atoms with Crippen LogP contribution in [0.15, 0.2) is 29.2 Å². The normalized spacial score (nSPS) is 12.2. The second-order valence-corrected chi connectivity index (χ2v) is 4.70. The summed E-state index contributed by atoms with van der Waals surface area (Å²) in [5.41, 5.74) is 0. The number of carboxylic acids is 1. The van der Waals surface area contributed by atoms with Crippen LogP contribution in [0.5, 0.6) is 0 Å². The number of amides is 1. The molecule has 1 unspecified atom stereocenters. The van der Waals surface area contributed by atoms with E-state index in [0.717, 1.165) is 0 Å². The smallest absolute Gasteiger partial charge is 0.326 e. The lowest BCUT2D eigenvalue weighted by Crippen LogP contribution is -2.40. The Hall–Kier alpha value is -1.83. The number of carbonyl (C=O) groups excluding carboxylic acids is 1. The molecule has 110 valence electrons. The fourth-order valence-corrected chi connectivity index (χ4v) is 1.79. The molecule has 2 N–H and O–H groups in total. The molecule has 1 heterocycles. The van der Waals surface area contributed by atoms with Gasteiger partial charge in [-0.15, -0.1) is 6.58 Å². The van der Waals surface area contributed by atoms with Crippen molar-refractivity contribution in [3.8, 4) is 0 Å². The van der Waals surface area contributed by atoms with Crippen molar-refractivity contribution in [3.63, 3.8) is 0 Å². The molecule has 8 heteroatoms. The summed E-state index contributed by atoms with van der Waals surface area (Å²) >= 11 is 0.370. The fraction of sp³-hybridized carbons (Fsp3) is 0.333. The number of furan rings is 1. The molecule has 0 radical (unpaired) electrons. The molecule has 5 nitrogen and oxygen atoms in total. The maximum atomic E-state index is 12.0. The molecule has 20 heavy (non-hydrogen) atoms. The predicted molar refractivity (Wildman–Crippen MR) is 69.7 cm³/mol. The van der Waals surface area contributed by atoms with E-state index in [9.17, 15) is 18.4 Å². The van der Waals surface area contributed by atoms with Gasteiger partial charge in [-0.05, 0) is 18.6 Å². The van der Waals surface area contributed by atoms with Crippen molar-refractivity contribution in [1.29, 1.82) is 0 Å². The monoisotopic (exact) mass is 305 g/mol. The summed E-state index contributed by atoms with van der Waals surface area (Å²) in [6.45, 7) is 3.40. The maximum absolute atomic E-state index is 12.0. The third kappa shape index (κ3) is 5.04. The van der Waals surface area contributed by atoms with Crippen molar-refractivity contribution in [2.24, 2.45) is 0 Å². The number of carboxylic acid groups (broad SMARTS) is 1. The third-order valence-corrected chi connectivity index (χ3v) is 2.95. The Labute approximate surface area is 118 Å². The second kappa shape index (κ2) is 7.68. The molecule has 1 rings (SSSR count). The van der Waals surface area contributed by atoms with Gasteiger partial charge in [-0.2, -0.15) is 8.78 Å². The van der Waals surface area contributed by atoms with Gasteiger partial charge in [0.2, 0.25) is 0 Å². The van der Waals surface area contributed by atoms with Crippen LogP contribution in [-0.4, -0.2) is 28.8 Å². The third-order valence-electron chi connectivity index (χ3n) is 2.24. The number of hydrogen-bond acceptors (Lipinski definition) is 4. The number of alkyl halides is 2. The minimum Gasteiger partial charge on any atom is -0.480 e. The van der Waals surface area contributed by atoms with Crippen molar-refractivity contribution < 1.29 is 27.9 Å². The number of rotatable bonds is 8. The van der Waals surface area contributed by atoms with Gasteiger partial charge < -0.3 is 14.8 Å². The standard InChI is InChI=1S/C12H13F2NO4S/c1-2-3-8(11(17)18)15-10(16)9-5-4-7(19-9)6-20-12(13)14/h2,4-5,8,12H,1,3,6H2,(H,15,16)(H,17,18). The zero-order valence-electron chi connectivity index (χ0n) is 10.3. The Balaban J connectivity index is 2.63. The molecule has 0 saturated carbocycles. The van der Waals surface area contributed by atoms with Gasteiger partial charge in [0.1, 0.15) is 11.8 Å². The molecule has 0 aliphatic carbocycles. The molecule has 0 aliphatic heterocycles. The van der Waals surface area contributed by atoms with Gasteiger partial charge in [0.25, 0.3) is 11.7 Å². The highest BCUT2D eigenvalue weighted by molar-refractivity contribution is 7.98. The Bertz CT molecular complexity index is 490. The van der Waals surface area contributed by atoms with E-state index >= 15 is 0 Å². The Morgan fingerprint density at radius 1 is 1.50 bits per heavy atom. The number of nitrogens with one attached hydrogen (secondary N) is 1. The van der Waals surface area contributed by atoms with E-state index in [1.54, 1.807) is 0 Å². The summed E-state index contributed by atoms with van der Waals surface area (Å²) < 4.78 is 29.1. The van der Waals surface area contributed by atoms with Crippen LogP contribution >= 0.6 is 11.8 Å². The lowest BCUT2D eigenvalue weighted by Gasteiger charge is -2.10. The number of hydrogen-bond donors (Lipinski definition) is 2. The van der Waals surface area contributed by atoms with Gasteiger partial charge in [0, 0.05) is 0 Å². The topological polar surface area (TPSA) is 79.5 Å². The molecule has 0 bridgehead atoms. The fourth-order valence-electron chi connectivity index (χ4n) is 1.34. The number of carbonyl (C=O) groups is 2. The Morgan fingerprint density at radius 3 is 2.75 bits per heavy atom. The number of aliphatic carboxylic acids is 1. The lowest BCUT2D eigenvalue weighted by atomic mass is 10.2. The van der Waals surface area contributed by atoms with Crippen molar-refractivity contribution >= 4 is 23.6 Å². The molecule has 0 fully saturated rings. The summed E-state index contributed by atoms with van der Waals surface area (Å²) in [4.78, 5) is 22.6. The van der Waals surface area contributed by atoms with E-state index in [4.69, 9.17) is 9.52 Å². The van der Waals surface area contributed by atoms with E-state index in [2.05, 4.69) is 11.9 Å². The van der Waals surface area contributed by atoms with Gasteiger partial charge in [-0.1, -0.05) is 17.8 Å². The van der Waals surface area contributed by atoms with Crippen molar-refractivity contribution in [1.82, 2.24) is 5.32 Å². The highest BCUT2D eigenvalue weighted by Gasteiger charge is 2.21. The second-order valence-electron chi connectivity index (χ2n) is 3.73. The van der Waals surface area contributed by atoms with Crippen LogP contribution < -0.4 is 5.32 Å². The predicted octanol–water partition coefficient (Wildman–Crippen LogP) is 2.49. The van der Waals surface area contributed by atoms with Gasteiger partial charge >= 0.3 is 5.97 Å². The molecule has 0 aromatic carbocycles. The zero-order valence-corrected chi connectivity index (χ0v) is 11.2. The van der Waals surface area contributed by atoms with Crippen LogP contribution in [0.25, 0.3) is 0 Å². The van der Waals surface area contributed by atoms with E-state index in [1.165, 1.54) is 18.2 Å². The summed E-state index contributed by atoms with van der Waals surface area (Å²) in [6.07, 6.45) is 1.43. The van der Waals surface area contributed by atoms with Gasteiger partial charge in [0.15, 0.2) is 5.76 Å². The lowest BCUT2D eigenvalue weighted by molar-refractivity contribution is -0.139. The molecule has 1 amide bonds. The van der Waals surface area contributed by atoms with Crippen molar-refractivity contribution in [3.05, 3.63) is 36.3 Å². The minimum absolute atomic E-state index is 0.0654. The number of thioether (sulfide) groups is 1. The SMILES string of the molecule is C=CCC(NC(=O)c1ccc(CSC(F)F)o1)C(=O)O. The first-order valence-corrected chi connectivity index (χ1v) is 6.62. The van der Waals surface area contributed by atoms with E-state index in [-0.39, 0.29) is 23.7 Å². The van der Waals surface area contributed by atoms with Gasteiger partial charge in [-0.3, -0.25) is 4.79 Å². The zero-order chi connectivity index (χ0) is 15.1. The average Bonchev–Trinajstić information content (AvgIpc) is 2.84. The van der Waals surface area contributed by atoms with Crippen LogP contribution in [0, 0.1) is 0 Å². The van der Waals surface area contributed by atoms with Crippen LogP contribution in [0.4, 0.5) is 8.78 Å². The largest absolute Gasteiger partial charge is 0.480 e. The molecular formula is C12H13F2NO4S. The molecule has 1 atom stereocenters. The van der Waals surface area contributed by atoms with Crippen molar-refractivity contribution in [2.45, 2.75) is 24.0 Å². The van der Waals surface area contributed by atoms with E-state index in [1.807, 2.05) is 0 Å². The molecule has 1 aromatic heterocycles. The quantitative estimate of drug-likeness (QED) is 0.721. The summed E-state index contributed by atoms with van der Waals surface area (Å²) in [5, 5.41) is 11.1. The minimum atomic E-state index is -2.53. The molecule has 0 spiro atoms. The van der Waals surface area contributed by atoms with Crippen LogP contribution in [-0.2, 0) is 10.5 Å². The Kier molecular flexibility index (Phi) is 6.23. The van der Waals surface area contributed by atoms with Crippen LogP contribution in [0.1, 0.15) is 22.7 Å². The highest BCUT2D eigenvalue weighted by atomic mass is 32.2. The first kappa shape index (κ1) is 16.2. The molecule has 0 aliphatic rings. The summed E-state index contributed by atoms with van der Waals surface area (Å²) in [5.74, 6) is -4.41. The summed E-state index contributed by atoms with van der Waals surface area (Å²) in [6, 6.07) is 1.60. The van der Waals surface area contributed by atoms with Gasteiger partial charge in [-0.25, -0.2) is 4.79 Å². The highest BCUT2D eigenvalue weighted by Crippen LogP contribution is 2.21. The number of halogens is 2. The summed E-state index contributed by atoms with van der Waals surface area (Å²) in [7, 11) is 0. The van der Waals surface area contributed by atoms with Crippen LogP contribution in [0.3, 0.4) is 0 Å². The molecule has 1 aromatic rings. The maximum Gasteiger partial charge on any atom is 0.326 e. The van der Waals surface area contributed by atoms with Gasteiger partial charge in [0.05, 0.1) is 5.75 Å². The van der Waals surface area contributed by atoms with Crippen LogP contribution in [0.2, 0.25) is 0 Å². The van der Waals surface area contributed by atoms with E-state index in [0.29, 0.717) is 11.8 Å². The molecular weight excluding hydrogens is 292 g/mol. The Morgan fingerprint density at radius 2 is 2.20 bits per heavy atom. The first-order valence-electron chi connectivity index (χ1n) is 5.57. The van der Waals surface area contributed by atoms with Crippen molar-refractivity contribution in [2.75, 3.05) is 0 Å². The van der Waals surface area contributed by atoms with E-state index < -0.39 is 23.7 Å². The molecule has 0 saturated heterocycles. The average molecular weight is 305 g/mol. The first-order chi connectivity index (χ1) is 9.43.